The zero-order valence-electron chi connectivity index (χ0n) is 15.5. The smallest absolute Gasteiger partial charge is 0.230 e. The van der Waals surface area contributed by atoms with Crippen LogP contribution < -0.4 is 5.32 Å². The summed E-state index contributed by atoms with van der Waals surface area (Å²) in [5.74, 6) is 1.45. The van der Waals surface area contributed by atoms with Crippen molar-refractivity contribution < 1.29 is 4.79 Å². The van der Waals surface area contributed by atoms with Gasteiger partial charge in [0.25, 0.3) is 0 Å². The van der Waals surface area contributed by atoms with Crippen LogP contribution in [0.1, 0.15) is 53.4 Å². The molecule has 2 aliphatic rings. The SMILES string of the molecule is Cc1ccc([C@H](C)C(=O)N2CCc3nc([C@@H]4CCNC4)ncc3C2)cc1. The molecule has 5 nitrogen and oxygen atoms in total. The second-order valence-corrected chi connectivity index (χ2v) is 7.53. The van der Waals surface area contributed by atoms with Crippen LogP contribution in [0.2, 0.25) is 0 Å². The third-order valence-corrected chi connectivity index (χ3v) is 5.64. The number of hydrogen-bond donors (Lipinski definition) is 1. The largest absolute Gasteiger partial charge is 0.337 e. The standard InChI is InChI=1S/C21H26N4O/c1-14-3-5-16(6-4-14)15(2)21(26)25-10-8-19-18(13-25)12-23-20(24-19)17-7-9-22-11-17/h3-6,12,15,17,22H,7-11,13H2,1-2H3/t15-,17+/m0/s1. The molecule has 3 heterocycles. The van der Waals surface area contributed by atoms with E-state index < -0.39 is 0 Å². The van der Waals surface area contributed by atoms with Crippen molar-refractivity contribution >= 4 is 5.91 Å². The van der Waals surface area contributed by atoms with Crippen molar-refractivity contribution in [1.82, 2.24) is 20.2 Å². The number of rotatable bonds is 3. The normalized spacial score (nSPS) is 20.7. The Kier molecular flexibility index (Phi) is 4.72. The molecule has 4 rings (SSSR count). The highest BCUT2D eigenvalue weighted by Crippen LogP contribution is 2.25. The lowest BCUT2D eigenvalue weighted by atomic mass is 9.97. The van der Waals surface area contributed by atoms with Crippen molar-refractivity contribution in [3.8, 4) is 0 Å². The summed E-state index contributed by atoms with van der Waals surface area (Å²) in [5.41, 5.74) is 4.50. The third kappa shape index (κ3) is 3.36. The first-order valence-electron chi connectivity index (χ1n) is 9.52. The second-order valence-electron chi connectivity index (χ2n) is 7.53. The number of benzene rings is 1. The van der Waals surface area contributed by atoms with Crippen molar-refractivity contribution in [2.24, 2.45) is 0 Å². The molecule has 0 aliphatic carbocycles. The molecule has 1 fully saturated rings. The fraction of sp³-hybridized carbons (Fsp3) is 0.476. The van der Waals surface area contributed by atoms with E-state index in [1.807, 2.05) is 18.0 Å². The molecule has 0 spiro atoms. The van der Waals surface area contributed by atoms with E-state index in [9.17, 15) is 4.79 Å². The van der Waals surface area contributed by atoms with E-state index in [4.69, 9.17) is 4.98 Å². The van der Waals surface area contributed by atoms with E-state index in [0.29, 0.717) is 12.5 Å². The molecule has 1 aromatic carbocycles. The number of nitrogens with zero attached hydrogens (tertiary/aromatic N) is 3. The molecule has 0 unspecified atom stereocenters. The Balaban J connectivity index is 1.47. The highest BCUT2D eigenvalue weighted by molar-refractivity contribution is 5.83. The summed E-state index contributed by atoms with van der Waals surface area (Å²) < 4.78 is 0. The zero-order valence-corrected chi connectivity index (χ0v) is 15.5. The molecule has 1 N–H and O–H groups in total. The van der Waals surface area contributed by atoms with Crippen LogP contribution in [0.25, 0.3) is 0 Å². The van der Waals surface area contributed by atoms with E-state index in [1.54, 1.807) is 0 Å². The molecular weight excluding hydrogens is 324 g/mol. The molecule has 2 aliphatic heterocycles. The Morgan fingerprint density at radius 3 is 2.85 bits per heavy atom. The fourth-order valence-electron chi connectivity index (χ4n) is 3.86. The Morgan fingerprint density at radius 2 is 2.12 bits per heavy atom. The van der Waals surface area contributed by atoms with E-state index in [2.05, 4.69) is 41.5 Å². The van der Waals surface area contributed by atoms with Gasteiger partial charge in [0.1, 0.15) is 5.82 Å². The van der Waals surface area contributed by atoms with E-state index in [0.717, 1.165) is 55.1 Å². The molecule has 1 amide bonds. The molecule has 26 heavy (non-hydrogen) atoms. The van der Waals surface area contributed by atoms with Crippen LogP contribution in [-0.2, 0) is 17.8 Å². The highest BCUT2D eigenvalue weighted by atomic mass is 16.2. The maximum absolute atomic E-state index is 12.9. The Hall–Kier alpha value is -2.27. The molecule has 136 valence electrons. The van der Waals surface area contributed by atoms with Gasteiger partial charge >= 0.3 is 0 Å². The van der Waals surface area contributed by atoms with Gasteiger partial charge in [-0.15, -0.1) is 0 Å². The van der Waals surface area contributed by atoms with Gasteiger partial charge in [-0.05, 0) is 32.4 Å². The molecule has 2 aromatic rings. The number of nitrogens with one attached hydrogen (secondary N) is 1. The van der Waals surface area contributed by atoms with Gasteiger partial charge in [0.15, 0.2) is 0 Å². The lowest BCUT2D eigenvalue weighted by Gasteiger charge is -2.30. The summed E-state index contributed by atoms with van der Waals surface area (Å²) in [6, 6.07) is 8.25. The summed E-state index contributed by atoms with van der Waals surface area (Å²) >= 11 is 0. The highest BCUT2D eigenvalue weighted by Gasteiger charge is 2.28. The lowest BCUT2D eigenvalue weighted by Crippen LogP contribution is -2.39. The molecule has 1 aromatic heterocycles. The van der Waals surface area contributed by atoms with Gasteiger partial charge in [-0.25, -0.2) is 9.97 Å². The van der Waals surface area contributed by atoms with Crippen LogP contribution in [0, 0.1) is 6.92 Å². The van der Waals surface area contributed by atoms with Crippen LogP contribution >= 0.6 is 0 Å². The Labute approximate surface area is 154 Å². The average Bonchev–Trinajstić information content (AvgIpc) is 3.21. The van der Waals surface area contributed by atoms with Crippen molar-refractivity contribution in [3.63, 3.8) is 0 Å². The molecule has 0 radical (unpaired) electrons. The number of aryl methyl sites for hydroxylation is 1. The number of carbonyl (C=O) groups is 1. The van der Waals surface area contributed by atoms with Crippen LogP contribution in [0.4, 0.5) is 0 Å². The maximum Gasteiger partial charge on any atom is 0.230 e. The topological polar surface area (TPSA) is 58.1 Å². The van der Waals surface area contributed by atoms with Crippen LogP contribution in [0.15, 0.2) is 30.5 Å². The summed E-state index contributed by atoms with van der Waals surface area (Å²) in [4.78, 5) is 24.3. The minimum Gasteiger partial charge on any atom is -0.337 e. The number of aromatic nitrogens is 2. The zero-order chi connectivity index (χ0) is 18.1. The molecule has 5 heteroatoms. The number of hydrogen-bond acceptors (Lipinski definition) is 4. The minimum absolute atomic E-state index is 0.123. The van der Waals surface area contributed by atoms with Crippen LogP contribution in [-0.4, -0.2) is 40.4 Å². The summed E-state index contributed by atoms with van der Waals surface area (Å²) in [6.07, 6.45) is 3.86. The van der Waals surface area contributed by atoms with Crippen LogP contribution in [0.3, 0.4) is 0 Å². The number of carbonyl (C=O) groups excluding carboxylic acids is 1. The van der Waals surface area contributed by atoms with E-state index in [1.165, 1.54) is 5.56 Å². The summed E-state index contributed by atoms with van der Waals surface area (Å²) in [5, 5.41) is 3.37. The quantitative estimate of drug-likeness (QED) is 0.924. The van der Waals surface area contributed by atoms with E-state index >= 15 is 0 Å². The second kappa shape index (κ2) is 7.16. The van der Waals surface area contributed by atoms with Gasteiger partial charge in [0.05, 0.1) is 11.6 Å². The molecule has 0 saturated carbocycles. The molecule has 2 atom stereocenters. The Morgan fingerprint density at radius 1 is 1.31 bits per heavy atom. The van der Waals surface area contributed by atoms with Crippen molar-refractivity contribution in [3.05, 3.63) is 58.7 Å². The lowest BCUT2D eigenvalue weighted by molar-refractivity contribution is -0.133. The third-order valence-electron chi connectivity index (χ3n) is 5.64. The van der Waals surface area contributed by atoms with Gasteiger partial charge in [-0.2, -0.15) is 0 Å². The monoisotopic (exact) mass is 350 g/mol. The first kappa shape index (κ1) is 17.2. The number of fused-ring (bicyclic) bond motifs is 1. The first-order chi connectivity index (χ1) is 12.6. The minimum atomic E-state index is -0.123. The number of amides is 1. The molecule has 1 saturated heterocycles. The van der Waals surface area contributed by atoms with Crippen molar-refractivity contribution in [1.29, 1.82) is 0 Å². The van der Waals surface area contributed by atoms with Gasteiger partial charge in [0, 0.05) is 43.7 Å². The summed E-state index contributed by atoms with van der Waals surface area (Å²) in [7, 11) is 0. The van der Waals surface area contributed by atoms with E-state index in [-0.39, 0.29) is 11.8 Å². The first-order valence-corrected chi connectivity index (χ1v) is 9.52. The van der Waals surface area contributed by atoms with Gasteiger partial charge in [-0.1, -0.05) is 29.8 Å². The van der Waals surface area contributed by atoms with Crippen molar-refractivity contribution in [2.45, 2.75) is 45.1 Å². The molecule has 0 bridgehead atoms. The fourth-order valence-corrected chi connectivity index (χ4v) is 3.86. The van der Waals surface area contributed by atoms with Crippen LogP contribution in [0.5, 0.6) is 0 Å². The molecular formula is C21H26N4O. The van der Waals surface area contributed by atoms with Gasteiger partial charge in [0.2, 0.25) is 5.91 Å². The van der Waals surface area contributed by atoms with Gasteiger partial charge < -0.3 is 10.2 Å². The Bertz CT molecular complexity index is 796. The predicted molar refractivity (Wildman–Crippen MR) is 101 cm³/mol. The average molecular weight is 350 g/mol. The van der Waals surface area contributed by atoms with Gasteiger partial charge in [-0.3, -0.25) is 4.79 Å². The predicted octanol–water partition coefficient (Wildman–Crippen LogP) is 2.55. The summed E-state index contributed by atoms with van der Waals surface area (Å²) in [6.45, 7) is 7.43. The van der Waals surface area contributed by atoms with Crippen molar-refractivity contribution in [2.75, 3.05) is 19.6 Å². The maximum atomic E-state index is 12.9.